The van der Waals surface area contributed by atoms with Crippen molar-refractivity contribution < 1.29 is 13.9 Å². The van der Waals surface area contributed by atoms with Gasteiger partial charge in [-0.1, -0.05) is 0 Å². The third-order valence-corrected chi connectivity index (χ3v) is 4.63. The zero-order valence-electron chi connectivity index (χ0n) is 13.9. The lowest BCUT2D eigenvalue weighted by Crippen LogP contribution is -2.48. The molecule has 0 N–H and O–H groups in total. The number of aryl methyl sites for hydroxylation is 1. The number of amides is 1. The predicted molar refractivity (Wildman–Crippen MR) is 87.0 cm³/mol. The van der Waals surface area contributed by atoms with Crippen LogP contribution >= 0.6 is 0 Å². The number of morpholine rings is 1. The maximum Gasteiger partial charge on any atom is 0.253 e. The summed E-state index contributed by atoms with van der Waals surface area (Å²) in [6.07, 6.45) is 2.44. The minimum Gasteiger partial charge on any atom is -0.374 e. The van der Waals surface area contributed by atoms with Gasteiger partial charge < -0.3 is 14.5 Å². The number of hydrogen-bond donors (Lipinski definition) is 0. The molecule has 0 radical (unpaired) electrons. The molecule has 1 saturated carbocycles. The van der Waals surface area contributed by atoms with Gasteiger partial charge in [-0.2, -0.15) is 0 Å². The van der Waals surface area contributed by atoms with E-state index in [-0.39, 0.29) is 17.8 Å². The third-order valence-electron chi connectivity index (χ3n) is 4.63. The lowest BCUT2D eigenvalue weighted by atomic mass is 10.1. The van der Waals surface area contributed by atoms with Gasteiger partial charge in [-0.05, 0) is 56.5 Å². The fraction of sp³-hybridized carbons (Fsp3) is 0.611. The highest BCUT2D eigenvalue weighted by Crippen LogP contribution is 2.30. The van der Waals surface area contributed by atoms with Gasteiger partial charge in [0.2, 0.25) is 0 Å². The van der Waals surface area contributed by atoms with Crippen molar-refractivity contribution in [2.24, 2.45) is 5.92 Å². The van der Waals surface area contributed by atoms with Gasteiger partial charge in [-0.15, -0.1) is 0 Å². The van der Waals surface area contributed by atoms with Crippen molar-refractivity contribution in [1.82, 2.24) is 9.80 Å². The monoisotopic (exact) mass is 320 g/mol. The Labute approximate surface area is 137 Å². The van der Waals surface area contributed by atoms with Gasteiger partial charge in [0.1, 0.15) is 5.82 Å². The highest BCUT2D eigenvalue weighted by Gasteiger charge is 2.30. The van der Waals surface area contributed by atoms with E-state index in [4.69, 9.17) is 4.74 Å². The zero-order chi connectivity index (χ0) is 16.4. The minimum absolute atomic E-state index is 0.0168. The van der Waals surface area contributed by atoms with Crippen LogP contribution in [0, 0.1) is 18.7 Å². The number of carbonyl (C=O) groups excluding carboxylic acids is 1. The summed E-state index contributed by atoms with van der Waals surface area (Å²) in [5.74, 6) is 0.325. The first kappa shape index (κ1) is 16.4. The molecule has 5 heteroatoms. The van der Waals surface area contributed by atoms with Crippen LogP contribution in [0.3, 0.4) is 0 Å². The van der Waals surface area contributed by atoms with E-state index >= 15 is 0 Å². The predicted octanol–water partition coefficient (Wildman–Crippen LogP) is 2.32. The molecule has 1 aliphatic carbocycles. The highest BCUT2D eigenvalue weighted by atomic mass is 19.1. The number of hydrogen-bond acceptors (Lipinski definition) is 3. The zero-order valence-corrected chi connectivity index (χ0v) is 13.9. The number of carbonyl (C=O) groups is 1. The molecule has 3 rings (SSSR count). The van der Waals surface area contributed by atoms with Gasteiger partial charge in [-0.25, -0.2) is 4.39 Å². The summed E-state index contributed by atoms with van der Waals surface area (Å²) in [7, 11) is 2.08. The molecule has 1 aromatic rings. The number of likely N-dealkylation sites (N-methyl/N-ethyl adjacent to an activating group) is 1. The van der Waals surface area contributed by atoms with E-state index in [0.717, 1.165) is 19.6 Å². The van der Waals surface area contributed by atoms with E-state index in [1.165, 1.54) is 18.9 Å². The molecule has 1 unspecified atom stereocenters. The first-order valence-corrected chi connectivity index (χ1v) is 8.38. The quantitative estimate of drug-likeness (QED) is 0.835. The Morgan fingerprint density at radius 1 is 1.39 bits per heavy atom. The Morgan fingerprint density at radius 3 is 2.83 bits per heavy atom. The smallest absolute Gasteiger partial charge is 0.253 e. The summed E-state index contributed by atoms with van der Waals surface area (Å²) in [5, 5.41) is 0. The number of rotatable bonds is 5. The van der Waals surface area contributed by atoms with Crippen LogP contribution in [0.2, 0.25) is 0 Å². The first-order valence-electron chi connectivity index (χ1n) is 8.38. The largest absolute Gasteiger partial charge is 0.374 e. The van der Waals surface area contributed by atoms with Gasteiger partial charge in [0.05, 0.1) is 12.7 Å². The normalized spacial score (nSPS) is 22.1. The van der Waals surface area contributed by atoms with E-state index < -0.39 is 0 Å². The van der Waals surface area contributed by atoms with Crippen molar-refractivity contribution in [3.63, 3.8) is 0 Å². The van der Waals surface area contributed by atoms with Gasteiger partial charge in [0.15, 0.2) is 0 Å². The van der Waals surface area contributed by atoms with Crippen molar-refractivity contribution >= 4 is 5.91 Å². The standard InChI is InChI=1S/C18H25FN2O2/c1-13-9-15(5-6-17(13)19)18(22)21(10-14-3-4-14)12-16-11-20(2)7-8-23-16/h5-6,9,14,16H,3-4,7-8,10-12H2,1-2H3. The molecule has 1 aliphatic heterocycles. The van der Waals surface area contributed by atoms with Gasteiger partial charge >= 0.3 is 0 Å². The van der Waals surface area contributed by atoms with E-state index in [1.54, 1.807) is 19.1 Å². The molecule has 1 aromatic carbocycles. The Kier molecular flexibility index (Phi) is 4.97. The number of benzene rings is 1. The van der Waals surface area contributed by atoms with Crippen molar-refractivity contribution in [1.29, 1.82) is 0 Å². The van der Waals surface area contributed by atoms with Crippen LogP contribution in [0.1, 0.15) is 28.8 Å². The summed E-state index contributed by atoms with van der Waals surface area (Å²) in [4.78, 5) is 17.0. The molecule has 0 aromatic heterocycles. The second-order valence-electron chi connectivity index (χ2n) is 6.87. The molecule has 23 heavy (non-hydrogen) atoms. The van der Waals surface area contributed by atoms with Crippen molar-refractivity contribution in [2.45, 2.75) is 25.9 Å². The summed E-state index contributed by atoms with van der Waals surface area (Å²) in [6, 6.07) is 4.60. The van der Waals surface area contributed by atoms with Crippen molar-refractivity contribution in [3.8, 4) is 0 Å². The Balaban J connectivity index is 1.71. The fourth-order valence-electron chi connectivity index (χ4n) is 3.04. The number of halogens is 1. The van der Waals surface area contributed by atoms with E-state index in [0.29, 0.717) is 30.2 Å². The van der Waals surface area contributed by atoms with Crippen LogP contribution in [0.5, 0.6) is 0 Å². The van der Waals surface area contributed by atoms with Crippen LogP contribution in [0.15, 0.2) is 18.2 Å². The van der Waals surface area contributed by atoms with Gasteiger partial charge in [0, 0.05) is 31.7 Å². The summed E-state index contributed by atoms with van der Waals surface area (Å²) in [6.45, 7) is 5.56. The lowest BCUT2D eigenvalue weighted by Gasteiger charge is -2.34. The van der Waals surface area contributed by atoms with Crippen molar-refractivity contribution in [3.05, 3.63) is 35.1 Å². The molecule has 1 atom stereocenters. The molecular weight excluding hydrogens is 295 g/mol. The van der Waals surface area contributed by atoms with Crippen molar-refractivity contribution in [2.75, 3.05) is 39.8 Å². The topological polar surface area (TPSA) is 32.8 Å². The first-order chi connectivity index (χ1) is 11.0. The average Bonchev–Trinajstić information content (AvgIpc) is 3.33. The highest BCUT2D eigenvalue weighted by molar-refractivity contribution is 5.94. The summed E-state index contributed by atoms with van der Waals surface area (Å²) in [5.41, 5.74) is 1.07. The van der Waals surface area contributed by atoms with Crippen LogP contribution in [0.25, 0.3) is 0 Å². The van der Waals surface area contributed by atoms with E-state index in [9.17, 15) is 9.18 Å². The third kappa shape index (κ3) is 4.30. The van der Waals surface area contributed by atoms with Crippen LogP contribution in [-0.2, 0) is 4.74 Å². The van der Waals surface area contributed by atoms with Gasteiger partial charge in [-0.3, -0.25) is 4.79 Å². The maximum atomic E-state index is 13.4. The van der Waals surface area contributed by atoms with Crippen LogP contribution < -0.4 is 0 Å². The second kappa shape index (κ2) is 6.97. The minimum atomic E-state index is -0.271. The average molecular weight is 320 g/mol. The Morgan fingerprint density at radius 2 is 2.17 bits per heavy atom. The van der Waals surface area contributed by atoms with E-state index in [2.05, 4.69) is 11.9 Å². The molecule has 2 fully saturated rings. The maximum absolute atomic E-state index is 13.4. The fourth-order valence-corrected chi connectivity index (χ4v) is 3.04. The molecule has 1 saturated heterocycles. The lowest BCUT2D eigenvalue weighted by molar-refractivity contribution is -0.0331. The van der Waals surface area contributed by atoms with Crippen LogP contribution in [-0.4, -0.2) is 61.6 Å². The Hall–Kier alpha value is -1.46. The van der Waals surface area contributed by atoms with E-state index in [1.807, 2.05) is 4.90 Å². The molecule has 1 heterocycles. The van der Waals surface area contributed by atoms with Crippen LogP contribution in [0.4, 0.5) is 4.39 Å². The summed E-state index contributed by atoms with van der Waals surface area (Å²) >= 11 is 0. The molecule has 4 nitrogen and oxygen atoms in total. The molecule has 126 valence electrons. The molecule has 0 bridgehead atoms. The molecular formula is C18H25FN2O2. The molecule has 0 spiro atoms. The molecule has 1 amide bonds. The Bertz CT molecular complexity index is 574. The number of ether oxygens (including phenoxy) is 1. The number of nitrogens with zero attached hydrogens (tertiary/aromatic N) is 2. The second-order valence-corrected chi connectivity index (χ2v) is 6.87. The summed E-state index contributed by atoms with van der Waals surface area (Å²) < 4.78 is 19.3. The SMILES string of the molecule is Cc1cc(C(=O)N(CC2CC2)CC2CN(C)CCO2)ccc1F. The van der Waals surface area contributed by atoms with Gasteiger partial charge in [0.25, 0.3) is 5.91 Å². The molecule has 2 aliphatic rings.